The molecule has 3 aromatic rings. The Hall–Kier alpha value is -3.96. The summed E-state index contributed by atoms with van der Waals surface area (Å²) in [5, 5.41) is 21.4. The molecule has 38 heavy (non-hydrogen) atoms. The molecule has 4 N–H and O–H groups in total. The van der Waals surface area contributed by atoms with Gasteiger partial charge in [0.05, 0.1) is 11.6 Å². The maximum absolute atomic E-state index is 13.1. The van der Waals surface area contributed by atoms with Gasteiger partial charge in [0, 0.05) is 49.9 Å². The smallest absolute Gasteiger partial charge is 0.387 e. The number of ether oxygens (including phenoxy) is 2. The van der Waals surface area contributed by atoms with Crippen molar-refractivity contribution in [3.05, 3.63) is 71.9 Å². The van der Waals surface area contributed by atoms with E-state index in [1.807, 2.05) is 12.1 Å². The second-order valence-corrected chi connectivity index (χ2v) is 9.41. The van der Waals surface area contributed by atoms with E-state index in [1.165, 1.54) is 6.07 Å². The van der Waals surface area contributed by atoms with Crippen LogP contribution in [-0.2, 0) is 6.54 Å². The largest absolute Gasteiger partial charge is 0.467 e. The van der Waals surface area contributed by atoms with Gasteiger partial charge in [0.2, 0.25) is 5.60 Å². The van der Waals surface area contributed by atoms with E-state index < -0.39 is 18.1 Å². The molecule has 5 rings (SSSR count). The van der Waals surface area contributed by atoms with Crippen LogP contribution in [0.1, 0.15) is 28.8 Å². The third kappa shape index (κ3) is 5.48. The molecule has 9 nitrogen and oxygen atoms in total. The number of amidine groups is 1. The molecule has 2 heterocycles. The van der Waals surface area contributed by atoms with Gasteiger partial charge in [-0.05, 0) is 54.8 Å². The molecule has 0 saturated carbocycles. The Balaban J connectivity index is 1.25. The Bertz CT molecular complexity index is 1360. The molecule has 1 aliphatic heterocycles. The number of nitrogens with zero attached hydrogens (tertiary/aromatic N) is 2. The third-order valence-corrected chi connectivity index (χ3v) is 6.77. The average Bonchev–Trinajstić information content (AvgIpc) is 3.58. The fourth-order valence-electron chi connectivity index (χ4n) is 4.53. The van der Waals surface area contributed by atoms with Crippen LogP contribution in [0.4, 0.5) is 8.78 Å². The maximum Gasteiger partial charge on any atom is 0.387 e. The molecule has 2 aliphatic rings. The molecule has 200 valence electrons. The Labute approximate surface area is 218 Å². The summed E-state index contributed by atoms with van der Waals surface area (Å²) in [4.78, 5) is 15.1. The lowest BCUT2D eigenvalue weighted by molar-refractivity contribution is -0.0516. The number of fused-ring (bicyclic) bond motifs is 1. The van der Waals surface area contributed by atoms with Gasteiger partial charge in [-0.25, -0.2) is 0 Å². The van der Waals surface area contributed by atoms with Crippen LogP contribution in [0, 0.1) is 5.41 Å². The van der Waals surface area contributed by atoms with Crippen LogP contribution in [-0.4, -0.2) is 64.9 Å². The number of rotatable bonds is 9. The molecule has 1 fully saturated rings. The fraction of sp³-hybridized carbons (Fsp3) is 0.333. The summed E-state index contributed by atoms with van der Waals surface area (Å²) in [5.74, 6) is -0.891. The first-order chi connectivity index (χ1) is 18.3. The van der Waals surface area contributed by atoms with Crippen molar-refractivity contribution in [2.45, 2.75) is 37.7 Å². The number of alkyl halides is 2. The van der Waals surface area contributed by atoms with Crippen LogP contribution in [0.2, 0.25) is 0 Å². The molecule has 11 heteroatoms. The zero-order valence-electron chi connectivity index (χ0n) is 20.8. The molecule has 0 spiro atoms. The SMILES string of the molecule is CNn1ccc2cc(OC3(C(=N)NC(=O)c4ccc(CN5CCC(O)CC5)cc4)C=C3)c(OC(F)F)cc21. The molecular formula is C27H29F2N5O4. The lowest BCUT2D eigenvalue weighted by Crippen LogP contribution is -2.44. The number of benzene rings is 2. The van der Waals surface area contributed by atoms with E-state index in [9.17, 15) is 18.7 Å². The quantitative estimate of drug-likeness (QED) is 0.193. The van der Waals surface area contributed by atoms with E-state index in [0.717, 1.165) is 38.0 Å². The number of carbonyl (C=O) groups excluding carboxylic acids is 1. The van der Waals surface area contributed by atoms with Gasteiger partial charge in [-0.1, -0.05) is 12.1 Å². The monoisotopic (exact) mass is 525 g/mol. The summed E-state index contributed by atoms with van der Waals surface area (Å²) in [6.45, 7) is -0.683. The number of carbonyl (C=O) groups is 1. The summed E-state index contributed by atoms with van der Waals surface area (Å²) in [6, 6.07) is 11.9. The summed E-state index contributed by atoms with van der Waals surface area (Å²) in [7, 11) is 1.69. The van der Waals surface area contributed by atoms with Crippen molar-refractivity contribution in [1.82, 2.24) is 14.9 Å². The lowest BCUT2D eigenvalue weighted by atomic mass is 10.1. The minimum absolute atomic E-state index is 0.0187. The average molecular weight is 526 g/mol. The number of amides is 1. The summed E-state index contributed by atoms with van der Waals surface area (Å²) < 4.78 is 38.5. The molecule has 1 amide bonds. The number of aliphatic hydroxyl groups is 1. The summed E-state index contributed by atoms with van der Waals surface area (Å²) in [6.07, 6.45) is 6.13. The topological polar surface area (TPSA) is 112 Å². The van der Waals surface area contributed by atoms with E-state index >= 15 is 0 Å². The molecule has 2 aromatic carbocycles. The zero-order valence-corrected chi connectivity index (χ0v) is 20.8. The second-order valence-electron chi connectivity index (χ2n) is 9.41. The molecule has 0 radical (unpaired) electrons. The first kappa shape index (κ1) is 25.7. The standard InChI is InChI=1S/C27H29F2N5O4/c1-31-34-13-6-19-14-23(22(15-21(19)34)37-26(28)29)38-27(9-10-27)25(30)32-24(36)18-4-2-17(3-5-18)16-33-11-7-20(35)8-12-33/h2-6,9-10,13-15,20,26,31,35H,7-8,11-12,16H2,1H3,(H2,30,32,36). The molecule has 0 bridgehead atoms. The first-order valence-electron chi connectivity index (χ1n) is 12.3. The normalized spacial score (nSPS) is 17.0. The van der Waals surface area contributed by atoms with Crippen LogP contribution in [0.3, 0.4) is 0 Å². The van der Waals surface area contributed by atoms with Gasteiger partial charge in [-0.15, -0.1) is 0 Å². The van der Waals surface area contributed by atoms with Gasteiger partial charge in [0.25, 0.3) is 5.91 Å². The Morgan fingerprint density at radius 3 is 2.50 bits per heavy atom. The zero-order chi connectivity index (χ0) is 26.9. The summed E-state index contributed by atoms with van der Waals surface area (Å²) >= 11 is 0. The number of nitrogens with one attached hydrogen (secondary N) is 3. The van der Waals surface area contributed by atoms with E-state index in [0.29, 0.717) is 16.5 Å². The maximum atomic E-state index is 13.1. The van der Waals surface area contributed by atoms with E-state index in [-0.39, 0.29) is 23.4 Å². The molecule has 1 saturated heterocycles. The Morgan fingerprint density at radius 2 is 1.87 bits per heavy atom. The minimum Gasteiger partial charge on any atom is -0.467 e. The number of aliphatic hydroxyl groups excluding tert-OH is 1. The van der Waals surface area contributed by atoms with Gasteiger partial charge in [-0.2, -0.15) is 8.78 Å². The number of hydrogen-bond acceptors (Lipinski definition) is 7. The molecule has 1 aliphatic carbocycles. The highest BCUT2D eigenvalue weighted by atomic mass is 19.3. The van der Waals surface area contributed by atoms with Gasteiger partial charge in [-0.3, -0.25) is 19.8 Å². The van der Waals surface area contributed by atoms with Gasteiger partial charge >= 0.3 is 6.61 Å². The second kappa shape index (κ2) is 10.4. The van der Waals surface area contributed by atoms with Gasteiger partial charge in [0.1, 0.15) is 0 Å². The van der Waals surface area contributed by atoms with Crippen molar-refractivity contribution >= 4 is 22.6 Å². The highest BCUT2D eigenvalue weighted by Crippen LogP contribution is 2.40. The third-order valence-electron chi connectivity index (χ3n) is 6.77. The van der Waals surface area contributed by atoms with Crippen molar-refractivity contribution in [3.63, 3.8) is 0 Å². The van der Waals surface area contributed by atoms with E-state index in [2.05, 4.69) is 15.6 Å². The Kier molecular flexibility index (Phi) is 7.04. The predicted molar refractivity (Wildman–Crippen MR) is 139 cm³/mol. The molecular weight excluding hydrogens is 496 g/mol. The van der Waals surface area contributed by atoms with Crippen molar-refractivity contribution in [2.75, 3.05) is 25.6 Å². The lowest BCUT2D eigenvalue weighted by Gasteiger charge is -2.29. The predicted octanol–water partition coefficient (Wildman–Crippen LogP) is 3.47. The van der Waals surface area contributed by atoms with Crippen LogP contribution >= 0.6 is 0 Å². The summed E-state index contributed by atoms with van der Waals surface area (Å²) in [5.41, 5.74) is 3.58. The van der Waals surface area contributed by atoms with Crippen LogP contribution in [0.15, 0.2) is 60.8 Å². The van der Waals surface area contributed by atoms with Crippen molar-refractivity contribution in [1.29, 1.82) is 5.41 Å². The highest BCUT2D eigenvalue weighted by Gasteiger charge is 2.44. The molecule has 0 unspecified atom stereocenters. The highest BCUT2D eigenvalue weighted by molar-refractivity contribution is 6.11. The van der Waals surface area contributed by atoms with Gasteiger partial charge in [0.15, 0.2) is 17.3 Å². The van der Waals surface area contributed by atoms with Crippen LogP contribution < -0.4 is 20.2 Å². The van der Waals surface area contributed by atoms with E-state index in [1.54, 1.807) is 54.3 Å². The van der Waals surface area contributed by atoms with Gasteiger partial charge < -0.3 is 25.3 Å². The number of likely N-dealkylation sites (tertiary alicyclic amines) is 1. The van der Waals surface area contributed by atoms with Crippen molar-refractivity contribution in [3.8, 4) is 11.5 Å². The number of aromatic nitrogens is 1. The van der Waals surface area contributed by atoms with E-state index in [4.69, 9.17) is 14.9 Å². The molecule has 0 atom stereocenters. The Morgan fingerprint density at radius 1 is 1.16 bits per heavy atom. The van der Waals surface area contributed by atoms with Crippen LogP contribution in [0.25, 0.3) is 10.9 Å². The number of halogens is 2. The van der Waals surface area contributed by atoms with Crippen molar-refractivity contribution < 1.29 is 28.2 Å². The van der Waals surface area contributed by atoms with Crippen molar-refractivity contribution in [2.24, 2.45) is 0 Å². The fourth-order valence-corrected chi connectivity index (χ4v) is 4.53. The first-order valence-corrected chi connectivity index (χ1v) is 12.3. The number of piperidine rings is 1. The molecule has 1 aromatic heterocycles. The van der Waals surface area contributed by atoms with Crippen LogP contribution in [0.5, 0.6) is 11.5 Å². The minimum atomic E-state index is -3.07. The number of hydrogen-bond donors (Lipinski definition) is 4.